The number of carbonyl (C=O) groups excluding carboxylic acids is 1. The summed E-state index contributed by atoms with van der Waals surface area (Å²) in [4.78, 5) is 12.0. The van der Waals surface area contributed by atoms with E-state index in [1.54, 1.807) is 6.26 Å². The molecule has 0 aliphatic carbocycles. The van der Waals surface area contributed by atoms with Crippen LogP contribution >= 0.6 is 0 Å². The maximum absolute atomic E-state index is 12.0. The van der Waals surface area contributed by atoms with Crippen LogP contribution in [-0.4, -0.2) is 16.1 Å². The predicted octanol–water partition coefficient (Wildman–Crippen LogP) is 2.50. The minimum absolute atomic E-state index is 0.156. The summed E-state index contributed by atoms with van der Waals surface area (Å²) >= 11 is 0. The molecule has 0 radical (unpaired) electrons. The van der Waals surface area contributed by atoms with E-state index >= 15 is 0 Å². The quantitative estimate of drug-likeness (QED) is 0.747. The van der Waals surface area contributed by atoms with E-state index in [-0.39, 0.29) is 11.9 Å². The Balaban J connectivity index is 1.90. The van der Waals surface area contributed by atoms with E-state index in [2.05, 4.69) is 15.5 Å². The fraction of sp³-hybridized carbons (Fsp3) is 0.0667. The second kappa shape index (κ2) is 4.09. The van der Waals surface area contributed by atoms with Gasteiger partial charge < -0.3 is 9.73 Å². The fourth-order valence-corrected chi connectivity index (χ4v) is 2.57. The lowest BCUT2D eigenvalue weighted by atomic mass is 10.0. The molecule has 0 bridgehead atoms. The Morgan fingerprint density at radius 2 is 1.95 bits per heavy atom. The standard InChI is InChI=1S/C15H11N3O2/c19-15-14-11(13(16-15)10-7-4-8-20-10)12(17-18-14)9-5-2-1-3-6-9/h1-8,13H,(H,16,19)(H,17,18)/t13-/m0/s1. The number of H-pyrrole nitrogens is 1. The topological polar surface area (TPSA) is 70.9 Å². The number of hydrogen-bond donors (Lipinski definition) is 2. The average molecular weight is 265 g/mol. The number of nitrogens with zero attached hydrogens (tertiary/aromatic N) is 1. The van der Waals surface area contributed by atoms with Gasteiger partial charge in [0.2, 0.25) is 0 Å². The molecule has 0 spiro atoms. The SMILES string of the molecule is O=C1N[C@@H](c2ccco2)c2c(-c3ccccc3)n[nH]c21. The highest BCUT2D eigenvalue weighted by Crippen LogP contribution is 2.36. The predicted molar refractivity (Wildman–Crippen MR) is 72.0 cm³/mol. The van der Waals surface area contributed by atoms with Crippen LogP contribution in [0.3, 0.4) is 0 Å². The van der Waals surface area contributed by atoms with Gasteiger partial charge in [0, 0.05) is 11.1 Å². The van der Waals surface area contributed by atoms with E-state index in [1.807, 2.05) is 42.5 Å². The second-order valence-corrected chi connectivity index (χ2v) is 4.65. The molecule has 4 rings (SSSR count). The van der Waals surface area contributed by atoms with Gasteiger partial charge in [-0.1, -0.05) is 30.3 Å². The lowest BCUT2D eigenvalue weighted by Crippen LogP contribution is -2.20. The zero-order valence-electron chi connectivity index (χ0n) is 10.5. The van der Waals surface area contributed by atoms with Gasteiger partial charge in [-0.05, 0) is 12.1 Å². The molecule has 5 heteroatoms. The lowest BCUT2D eigenvalue weighted by Gasteiger charge is -2.09. The third-order valence-electron chi connectivity index (χ3n) is 3.47. The summed E-state index contributed by atoms with van der Waals surface area (Å²) in [6.07, 6.45) is 1.60. The van der Waals surface area contributed by atoms with E-state index in [1.165, 1.54) is 0 Å². The van der Waals surface area contributed by atoms with Gasteiger partial charge in [0.15, 0.2) is 0 Å². The van der Waals surface area contributed by atoms with Crippen molar-refractivity contribution in [1.82, 2.24) is 15.5 Å². The summed E-state index contributed by atoms with van der Waals surface area (Å²) in [6.45, 7) is 0. The van der Waals surface area contributed by atoms with Crippen molar-refractivity contribution in [2.24, 2.45) is 0 Å². The normalized spacial score (nSPS) is 17.0. The Hall–Kier alpha value is -2.82. The summed E-state index contributed by atoms with van der Waals surface area (Å²) < 4.78 is 5.43. The number of amides is 1. The van der Waals surface area contributed by atoms with Crippen LogP contribution in [0.4, 0.5) is 0 Å². The number of aromatic amines is 1. The van der Waals surface area contributed by atoms with Crippen LogP contribution in [-0.2, 0) is 0 Å². The third kappa shape index (κ3) is 1.50. The van der Waals surface area contributed by atoms with Gasteiger partial charge >= 0.3 is 0 Å². The van der Waals surface area contributed by atoms with Crippen molar-refractivity contribution >= 4 is 5.91 Å². The van der Waals surface area contributed by atoms with Gasteiger partial charge in [-0.25, -0.2) is 0 Å². The number of aromatic nitrogens is 2. The van der Waals surface area contributed by atoms with Crippen molar-refractivity contribution in [2.75, 3.05) is 0 Å². The van der Waals surface area contributed by atoms with Crippen molar-refractivity contribution in [3.8, 4) is 11.3 Å². The molecule has 2 aromatic heterocycles. The Morgan fingerprint density at radius 1 is 1.10 bits per heavy atom. The van der Waals surface area contributed by atoms with E-state index in [4.69, 9.17) is 4.42 Å². The van der Waals surface area contributed by atoms with E-state index < -0.39 is 0 Å². The van der Waals surface area contributed by atoms with Crippen molar-refractivity contribution in [2.45, 2.75) is 6.04 Å². The first-order valence-corrected chi connectivity index (χ1v) is 6.32. The fourth-order valence-electron chi connectivity index (χ4n) is 2.57. The van der Waals surface area contributed by atoms with E-state index in [0.717, 1.165) is 16.8 Å². The molecular weight excluding hydrogens is 254 g/mol. The van der Waals surface area contributed by atoms with E-state index in [0.29, 0.717) is 11.5 Å². The zero-order chi connectivity index (χ0) is 13.5. The molecule has 5 nitrogen and oxygen atoms in total. The first-order chi connectivity index (χ1) is 9.84. The van der Waals surface area contributed by atoms with Gasteiger partial charge in [0.1, 0.15) is 17.5 Å². The van der Waals surface area contributed by atoms with Crippen LogP contribution in [0, 0.1) is 0 Å². The average Bonchev–Trinajstić information content (AvgIpc) is 3.18. The van der Waals surface area contributed by atoms with Crippen molar-refractivity contribution in [1.29, 1.82) is 0 Å². The number of hydrogen-bond acceptors (Lipinski definition) is 3. The van der Waals surface area contributed by atoms with Crippen molar-refractivity contribution in [3.05, 3.63) is 65.7 Å². The minimum atomic E-state index is -0.290. The highest BCUT2D eigenvalue weighted by molar-refractivity contribution is 5.99. The molecule has 3 heterocycles. The van der Waals surface area contributed by atoms with E-state index in [9.17, 15) is 4.79 Å². The van der Waals surface area contributed by atoms with Gasteiger partial charge in [-0.15, -0.1) is 0 Å². The van der Waals surface area contributed by atoms with Crippen molar-refractivity contribution < 1.29 is 9.21 Å². The van der Waals surface area contributed by atoms with Crippen LogP contribution in [0.2, 0.25) is 0 Å². The Morgan fingerprint density at radius 3 is 2.70 bits per heavy atom. The summed E-state index contributed by atoms with van der Waals surface area (Å²) in [5, 5.41) is 10.0. The molecule has 0 fully saturated rings. The van der Waals surface area contributed by atoms with Crippen molar-refractivity contribution in [3.63, 3.8) is 0 Å². The molecule has 1 aliphatic rings. The van der Waals surface area contributed by atoms with Crippen LogP contribution in [0.25, 0.3) is 11.3 Å². The molecule has 1 atom stereocenters. The monoisotopic (exact) mass is 265 g/mol. The molecule has 3 aromatic rings. The van der Waals surface area contributed by atoms with Gasteiger partial charge in [-0.3, -0.25) is 9.89 Å². The molecule has 0 unspecified atom stereocenters. The molecule has 98 valence electrons. The first kappa shape index (κ1) is 11.0. The molecule has 20 heavy (non-hydrogen) atoms. The van der Waals surface area contributed by atoms with Gasteiger partial charge in [-0.2, -0.15) is 5.10 Å². The smallest absolute Gasteiger partial charge is 0.270 e. The summed E-state index contributed by atoms with van der Waals surface area (Å²) in [6, 6.07) is 13.1. The number of nitrogens with one attached hydrogen (secondary N) is 2. The molecule has 0 saturated carbocycles. The van der Waals surface area contributed by atoms with Crippen LogP contribution < -0.4 is 5.32 Å². The first-order valence-electron chi connectivity index (χ1n) is 6.32. The molecule has 2 N–H and O–H groups in total. The summed E-state index contributed by atoms with van der Waals surface area (Å²) in [7, 11) is 0. The zero-order valence-corrected chi connectivity index (χ0v) is 10.5. The maximum atomic E-state index is 12.0. The Kier molecular flexibility index (Phi) is 2.26. The number of furan rings is 1. The highest BCUT2D eigenvalue weighted by Gasteiger charge is 2.36. The Labute approximate surface area is 114 Å². The number of rotatable bonds is 2. The molecule has 1 aliphatic heterocycles. The number of carbonyl (C=O) groups is 1. The van der Waals surface area contributed by atoms with Gasteiger partial charge in [0.25, 0.3) is 5.91 Å². The molecular formula is C15H11N3O2. The summed E-state index contributed by atoms with van der Waals surface area (Å²) in [5.74, 6) is 0.548. The third-order valence-corrected chi connectivity index (χ3v) is 3.47. The molecule has 1 amide bonds. The van der Waals surface area contributed by atoms with Gasteiger partial charge in [0.05, 0.1) is 12.0 Å². The Bertz CT molecular complexity index is 760. The maximum Gasteiger partial charge on any atom is 0.270 e. The number of benzene rings is 1. The molecule has 1 aromatic carbocycles. The largest absolute Gasteiger partial charge is 0.467 e. The van der Waals surface area contributed by atoms with Crippen LogP contribution in [0.15, 0.2) is 53.1 Å². The number of fused-ring (bicyclic) bond motifs is 1. The second-order valence-electron chi connectivity index (χ2n) is 4.65. The highest BCUT2D eigenvalue weighted by atomic mass is 16.3. The molecule has 0 saturated heterocycles. The van der Waals surface area contributed by atoms with Crippen LogP contribution in [0.5, 0.6) is 0 Å². The lowest BCUT2D eigenvalue weighted by molar-refractivity contribution is 0.0953. The van der Waals surface area contributed by atoms with Crippen LogP contribution in [0.1, 0.15) is 27.9 Å². The summed E-state index contributed by atoms with van der Waals surface area (Å²) in [5.41, 5.74) is 3.10. The minimum Gasteiger partial charge on any atom is -0.467 e.